The van der Waals surface area contributed by atoms with Gasteiger partial charge in [-0.3, -0.25) is 4.40 Å². The maximum atomic E-state index is 12.6. The molecule has 1 aromatic carbocycles. The Balaban J connectivity index is 1.73. The Labute approximate surface area is 170 Å². The number of fused-ring (bicyclic) bond motifs is 1. The van der Waals surface area contributed by atoms with Gasteiger partial charge in [-0.25, -0.2) is 9.78 Å². The molecule has 0 fully saturated rings. The van der Waals surface area contributed by atoms with Crippen LogP contribution >= 0.6 is 11.3 Å². The van der Waals surface area contributed by atoms with E-state index < -0.39 is 0 Å². The molecule has 0 unspecified atom stereocenters. The minimum Gasteiger partial charge on any atom is -0.383 e. The molecule has 2 heterocycles. The Morgan fingerprint density at radius 2 is 2.00 bits per heavy atom. The zero-order valence-corrected chi connectivity index (χ0v) is 17.8. The van der Waals surface area contributed by atoms with Gasteiger partial charge in [0.05, 0.1) is 12.3 Å². The Bertz CT molecular complexity index is 912. The van der Waals surface area contributed by atoms with Gasteiger partial charge in [0.1, 0.15) is 0 Å². The number of hydrogen-bond donors (Lipinski definition) is 1. The van der Waals surface area contributed by atoms with Crippen molar-refractivity contribution < 1.29 is 9.53 Å². The Morgan fingerprint density at radius 3 is 2.68 bits per heavy atom. The van der Waals surface area contributed by atoms with Crippen LogP contribution in [-0.2, 0) is 11.2 Å². The lowest BCUT2D eigenvalue weighted by Crippen LogP contribution is -2.49. The standard InChI is InChI=1S/C21H28N4O2S/c1-21(2,3)23-19(26)24(12-13-27-4)11-10-17-15-28-20-22-18(14-25(17)20)16-8-6-5-7-9-16/h5-9,14-15H,10-13H2,1-4H3,(H,23,26). The van der Waals surface area contributed by atoms with Crippen molar-refractivity contribution in [3.63, 3.8) is 0 Å². The third-order valence-electron chi connectivity index (χ3n) is 4.33. The maximum Gasteiger partial charge on any atom is 0.317 e. The number of amides is 2. The number of carbonyl (C=O) groups excluding carboxylic acids is 1. The fourth-order valence-electron chi connectivity index (χ4n) is 2.92. The summed E-state index contributed by atoms with van der Waals surface area (Å²) in [5.74, 6) is 0. The minimum atomic E-state index is -0.271. The van der Waals surface area contributed by atoms with Gasteiger partial charge in [-0.15, -0.1) is 11.3 Å². The van der Waals surface area contributed by atoms with Crippen LogP contribution < -0.4 is 5.32 Å². The van der Waals surface area contributed by atoms with Crippen LogP contribution in [0.15, 0.2) is 41.9 Å². The fraction of sp³-hybridized carbons (Fsp3) is 0.429. The van der Waals surface area contributed by atoms with Crippen LogP contribution in [0.25, 0.3) is 16.2 Å². The molecule has 0 bridgehead atoms. The SMILES string of the molecule is COCCN(CCc1csc2nc(-c3ccccc3)cn12)C(=O)NC(C)(C)C. The predicted molar refractivity (Wildman–Crippen MR) is 114 cm³/mol. The van der Waals surface area contributed by atoms with Gasteiger partial charge < -0.3 is 15.0 Å². The van der Waals surface area contributed by atoms with E-state index in [1.165, 1.54) is 0 Å². The smallest absolute Gasteiger partial charge is 0.317 e. The first-order valence-electron chi connectivity index (χ1n) is 9.44. The van der Waals surface area contributed by atoms with E-state index in [2.05, 4.69) is 33.4 Å². The third kappa shape index (κ3) is 5.11. The molecule has 0 aliphatic rings. The van der Waals surface area contributed by atoms with Crippen LogP contribution in [0.5, 0.6) is 0 Å². The zero-order chi connectivity index (χ0) is 20.1. The van der Waals surface area contributed by atoms with E-state index in [4.69, 9.17) is 9.72 Å². The summed E-state index contributed by atoms with van der Waals surface area (Å²) < 4.78 is 7.31. The lowest BCUT2D eigenvalue weighted by molar-refractivity contribution is 0.145. The summed E-state index contributed by atoms with van der Waals surface area (Å²) >= 11 is 1.63. The van der Waals surface area contributed by atoms with E-state index in [9.17, 15) is 4.79 Å². The summed E-state index contributed by atoms with van der Waals surface area (Å²) in [5, 5.41) is 5.15. The second kappa shape index (κ2) is 8.75. The highest BCUT2D eigenvalue weighted by Gasteiger charge is 2.20. The molecule has 150 valence electrons. The van der Waals surface area contributed by atoms with Crippen molar-refractivity contribution in [2.45, 2.75) is 32.7 Å². The lowest BCUT2D eigenvalue weighted by Gasteiger charge is -2.28. The minimum absolute atomic E-state index is 0.0633. The maximum absolute atomic E-state index is 12.6. The van der Waals surface area contributed by atoms with E-state index in [1.807, 2.05) is 43.9 Å². The van der Waals surface area contributed by atoms with Crippen molar-refractivity contribution in [1.82, 2.24) is 19.6 Å². The first-order valence-corrected chi connectivity index (χ1v) is 10.3. The molecule has 0 saturated heterocycles. The van der Waals surface area contributed by atoms with Gasteiger partial charge in [-0.05, 0) is 20.8 Å². The number of imidazole rings is 1. The van der Waals surface area contributed by atoms with Gasteiger partial charge in [0.2, 0.25) is 0 Å². The van der Waals surface area contributed by atoms with Crippen LogP contribution in [0, 0.1) is 0 Å². The second-order valence-corrected chi connectivity index (χ2v) is 8.62. The number of urea groups is 1. The Kier molecular flexibility index (Phi) is 6.36. The summed E-state index contributed by atoms with van der Waals surface area (Å²) in [4.78, 5) is 20.1. The van der Waals surface area contributed by atoms with Crippen LogP contribution in [0.1, 0.15) is 26.5 Å². The highest BCUT2D eigenvalue weighted by Crippen LogP contribution is 2.23. The molecule has 6 nitrogen and oxygen atoms in total. The molecule has 2 aromatic heterocycles. The number of aromatic nitrogens is 2. The molecular weight excluding hydrogens is 372 g/mol. The molecule has 3 aromatic rings. The molecular formula is C21H28N4O2S. The van der Waals surface area contributed by atoms with Gasteiger partial charge in [-0.2, -0.15) is 0 Å². The molecule has 1 N–H and O–H groups in total. The lowest BCUT2D eigenvalue weighted by atomic mass is 10.1. The van der Waals surface area contributed by atoms with E-state index in [-0.39, 0.29) is 11.6 Å². The third-order valence-corrected chi connectivity index (χ3v) is 5.21. The fourth-order valence-corrected chi connectivity index (χ4v) is 3.83. The van der Waals surface area contributed by atoms with E-state index >= 15 is 0 Å². The largest absolute Gasteiger partial charge is 0.383 e. The number of rotatable bonds is 7. The highest BCUT2D eigenvalue weighted by molar-refractivity contribution is 7.15. The van der Waals surface area contributed by atoms with Crippen molar-refractivity contribution in [1.29, 1.82) is 0 Å². The molecule has 0 aliphatic heterocycles. The number of methoxy groups -OCH3 is 1. The summed E-state index contributed by atoms with van der Waals surface area (Å²) in [5.41, 5.74) is 2.96. The number of ether oxygens (including phenoxy) is 1. The van der Waals surface area contributed by atoms with E-state index in [0.717, 1.165) is 28.3 Å². The van der Waals surface area contributed by atoms with Crippen molar-refractivity contribution in [2.75, 3.05) is 26.8 Å². The number of thiazole rings is 1. The number of nitrogens with zero attached hydrogens (tertiary/aromatic N) is 3. The summed E-state index contributed by atoms with van der Waals surface area (Å²) in [6.45, 7) is 7.65. The van der Waals surface area contributed by atoms with Crippen molar-refractivity contribution in [3.05, 3.63) is 47.6 Å². The normalized spacial score (nSPS) is 11.7. The van der Waals surface area contributed by atoms with Crippen molar-refractivity contribution in [3.8, 4) is 11.3 Å². The van der Waals surface area contributed by atoms with Crippen LogP contribution in [0.2, 0.25) is 0 Å². The van der Waals surface area contributed by atoms with E-state index in [1.54, 1.807) is 18.4 Å². The van der Waals surface area contributed by atoms with Crippen LogP contribution in [0.4, 0.5) is 4.79 Å². The average Bonchev–Trinajstić information content (AvgIpc) is 3.22. The molecule has 0 aliphatic carbocycles. The van der Waals surface area contributed by atoms with Crippen molar-refractivity contribution >= 4 is 22.3 Å². The zero-order valence-electron chi connectivity index (χ0n) is 16.9. The molecule has 3 rings (SSSR count). The number of hydrogen-bond acceptors (Lipinski definition) is 4. The van der Waals surface area contributed by atoms with E-state index in [0.29, 0.717) is 19.7 Å². The van der Waals surface area contributed by atoms with Crippen LogP contribution in [-0.4, -0.2) is 52.7 Å². The second-order valence-electron chi connectivity index (χ2n) is 7.78. The average molecular weight is 401 g/mol. The molecule has 0 spiro atoms. The topological polar surface area (TPSA) is 58.9 Å². The number of nitrogens with one attached hydrogen (secondary N) is 1. The summed E-state index contributed by atoms with van der Waals surface area (Å²) in [6, 6.07) is 10.1. The summed E-state index contributed by atoms with van der Waals surface area (Å²) in [7, 11) is 1.65. The molecule has 0 radical (unpaired) electrons. The summed E-state index contributed by atoms with van der Waals surface area (Å²) in [6.07, 6.45) is 2.83. The predicted octanol–water partition coefficient (Wildman–Crippen LogP) is 4.06. The van der Waals surface area contributed by atoms with Gasteiger partial charge in [-0.1, -0.05) is 30.3 Å². The van der Waals surface area contributed by atoms with Crippen LogP contribution in [0.3, 0.4) is 0 Å². The molecule has 2 amide bonds. The van der Waals surface area contributed by atoms with Gasteiger partial charge in [0, 0.05) is 55.0 Å². The number of benzene rings is 1. The monoisotopic (exact) mass is 400 g/mol. The first-order chi connectivity index (χ1) is 13.4. The van der Waals surface area contributed by atoms with Gasteiger partial charge >= 0.3 is 6.03 Å². The highest BCUT2D eigenvalue weighted by atomic mass is 32.1. The molecule has 0 atom stereocenters. The molecule has 28 heavy (non-hydrogen) atoms. The molecule has 0 saturated carbocycles. The Morgan fingerprint density at radius 1 is 1.25 bits per heavy atom. The number of carbonyl (C=O) groups is 1. The van der Waals surface area contributed by atoms with Crippen molar-refractivity contribution in [2.24, 2.45) is 0 Å². The van der Waals surface area contributed by atoms with Gasteiger partial charge in [0.15, 0.2) is 4.96 Å². The Hall–Kier alpha value is -2.38. The quantitative estimate of drug-likeness (QED) is 0.651. The molecule has 7 heteroatoms. The first kappa shape index (κ1) is 20.4. The van der Waals surface area contributed by atoms with Gasteiger partial charge in [0.25, 0.3) is 0 Å².